The smallest absolute Gasteiger partial charge is 0.233 e. The van der Waals surface area contributed by atoms with Crippen molar-refractivity contribution in [2.45, 2.75) is 71.1 Å². The van der Waals surface area contributed by atoms with E-state index >= 15 is 0 Å². The van der Waals surface area contributed by atoms with Crippen molar-refractivity contribution in [3.05, 3.63) is 64.5 Å². The summed E-state index contributed by atoms with van der Waals surface area (Å²) in [6.07, 6.45) is 5.07. The van der Waals surface area contributed by atoms with Crippen molar-refractivity contribution >= 4 is 17.6 Å². The first-order valence-corrected chi connectivity index (χ1v) is 11.2. The lowest BCUT2D eigenvalue weighted by Crippen LogP contribution is -2.33. The molecule has 1 saturated carbocycles. The van der Waals surface area contributed by atoms with Crippen LogP contribution < -0.4 is 5.32 Å². The van der Waals surface area contributed by atoms with Gasteiger partial charge in [-0.1, -0.05) is 37.6 Å². The highest BCUT2D eigenvalue weighted by atomic mass is 16.2. The van der Waals surface area contributed by atoms with Crippen LogP contribution in [0.3, 0.4) is 0 Å². The molecule has 0 spiro atoms. The van der Waals surface area contributed by atoms with Crippen LogP contribution in [-0.2, 0) is 16.0 Å². The average Bonchev–Trinajstić information content (AvgIpc) is 2.96. The van der Waals surface area contributed by atoms with Crippen LogP contribution >= 0.6 is 0 Å². The Morgan fingerprint density at radius 3 is 2.48 bits per heavy atom. The van der Waals surface area contributed by atoms with E-state index in [0.29, 0.717) is 24.3 Å². The number of aryl methyl sites for hydroxylation is 2. The Bertz CT molecular complexity index is 1020. The first-order valence-electron chi connectivity index (χ1n) is 11.2. The molecule has 2 fully saturated rings. The lowest BCUT2D eigenvalue weighted by molar-refractivity contribution is -0.128. The normalized spacial score (nSPS) is 22.2. The van der Waals surface area contributed by atoms with Crippen molar-refractivity contribution in [2.75, 3.05) is 0 Å². The van der Waals surface area contributed by atoms with Gasteiger partial charge in [0.25, 0.3) is 0 Å². The van der Waals surface area contributed by atoms with E-state index < -0.39 is 5.41 Å². The molecule has 0 unspecified atom stereocenters. The van der Waals surface area contributed by atoms with Gasteiger partial charge in [-0.15, -0.1) is 0 Å². The topological polar surface area (TPSA) is 76.1 Å². The molecule has 1 aliphatic heterocycles. The van der Waals surface area contributed by atoms with Crippen molar-refractivity contribution in [1.82, 2.24) is 10.3 Å². The Balaban J connectivity index is 1.40. The van der Waals surface area contributed by atoms with Gasteiger partial charge in [-0.2, -0.15) is 0 Å². The number of Topliss-reactive ketones (excluding diaryl/α,β-unsaturated/α-hetero) is 1. The van der Waals surface area contributed by atoms with E-state index in [1.165, 1.54) is 30.5 Å². The van der Waals surface area contributed by atoms with Crippen LogP contribution in [0.4, 0.5) is 0 Å². The minimum absolute atomic E-state index is 0.110. The summed E-state index contributed by atoms with van der Waals surface area (Å²) < 4.78 is 0. The monoisotopic (exact) mass is 418 g/mol. The summed E-state index contributed by atoms with van der Waals surface area (Å²) >= 11 is 0. The van der Waals surface area contributed by atoms with Gasteiger partial charge in [0.15, 0.2) is 5.78 Å². The van der Waals surface area contributed by atoms with E-state index in [1.807, 2.05) is 45.0 Å². The Kier molecular flexibility index (Phi) is 5.78. The lowest BCUT2D eigenvalue weighted by Gasteiger charge is -2.28. The fourth-order valence-corrected chi connectivity index (χ4v) is 4.63. The number of carbonyl (C=O) groups excluding carboxylic acids is 3. The van der Waals surface area contributed by atoms with E-state index in [9.17, 15) is 14.4 Å². The van der Waals surface area contributed by atoms with Crippen LogP contribution in [0.5, 0.6) is 0 Å². The Morgan fingerprint density at radius 1 is 1.19 bits per heavy atom. The third-order valence-corrected chi connectivity index (χ3v) is 7.19. The van der Waals surface area contributed by atoms with Crippen molar-refractivity contribution in [3.63, 3.8) is 0 Å². The van der Waals surface area contributed by atoms with E-state index in [1.54, 1.807) is 0 Å². The Labute approximate surface area is 183 Å². The summed E-state index contributed by atoms with van der Waals surface area (Å²) in [4.78, 5) is 41.3. The Morgan fingerprint density at radius 2 is 1.90 bits per heavy atom. The van der Waals surface area contributed by atoms with Crippen molar-refractivity contribution in [2.24, 2.45) is 5.41 Å². The SMILES string of the molecule is Cc1cc(CCC(=O)c2ccc([C@@H](C)[C@]3(C)CC(=O)NC3=O)cc2)cc(C2CCC2)n1. The van der Waals surface area contributed by atoms with Gasteiger partial charge in [-0.05, 0) is 62.3 Å². The number of amides is 2. The van der Waals surface area contributed by atoms with Gasteiger partial charge in [0, 0.05) is 35.7 Å². The molecule has 2 aliphatic rings. The van der Waals surface area contributed by atoms with Crippen LogP contribution in [0.1, 0.15) is 90.7 Å². The summed E-state index contributed by atoms with van der Waals surface area (Å²) in [7, 11) is 0. The van der Waals surface area contributed by atoms with Gasteiger partial charge < -0.3 is 0 Å². The number of nitrogens with one attached hydrogen (secondary N) is 1. The molecule has 162 valence electrons. The zero-order valence-corrected chi connectivity index (χ0v) is 18.5. The number of carbonyl (C=O) groups is 3. The van der Waals surface area contributed by atoms with E-state index in [-0.39, 0.29) is 29.9 Å². The summed E-state index contributed by atoms with van der Waals surface area (Å²) in [5.41, 5.74) is 4.26. The molecule has 1 N–H and O–H groups in total. The molecule has 0 radical (unpaired) electrons. The average molecular weight is 419 g/mol. The van der Waals surface area contributed by atoms with E-state index in [0.717, 1.165) is 11.3 Å². The van der Waals surface area contributed by atoms with Crippen LogP contribution in [0.2, 0.25) is 0 Å². The number of pyridine rings is 1. The number of nitrogens with zero attached hydrogens (tertiary/aromatic N) is 1. The maximum absolute atomic E-state index is 12.8. The van der Waals surface area contributed by atoms with Gasteiger partial charge in [-0.3, -0.25) is 24.7 Å². The number of ketones is 1. The highest BCUT2D eigenvalue weighted by Gasteiger charge is 2.46. The number of hydrogen-bond acceptors (Lipinski definition) is 4. The number of rotatable bonds is 7. The van der Waals surface area contributed by atoms with Crippen molar-refractivity contribution in [3.8, 4) is 0 Å². The minimum Gasteiger partial charge on any atom is -0.296 e. The van der Waals surface area contributed by atoms with Crippen LogP contribution in [0.15, 0.2) is 36.4 Å². The maximum atomic E-state index is 12.8. The van der Waals surface area contributed by atoms with E-state index in [2.05, 4.69) is 22.4 Å². The fourth-order valence-electron chi connectivity index (χ4n) is 4.63. The molecule has 5 nitrogen and oxygen atoms in total. The van der Waals surface area contributed by atoms with Gasteiger partial charge in [0.05, 0.1) is 5.41 Å². The van der Waals surface area contributed by atoms with E-state index in [4.69, 9.17) is 0 Å². The highest BCUT2D eigenvalue weighted by molar-refractivity contribution is 6.06. The minimum atomic E-state index is -0.750. The van der Waals surface area contributed by atoms with Gasteiger partial charge in [0.2, 0.25) is 11.8 Å². The molecule has 0 bridgehead atoms. The molecule has 4 rings (SSSR count). The summed E-state index contributed by atoms with van der Waals surface area (Å²) in [5, 5.41) is 2.41. The molecule has 2 amide bonds. The summed E-state index contributed by atoms with van der Waals surface area (Å²) in [6, 6.07) is 11.7. The molecule has 1 aromatic heterocycles. The molecule has 31 heavy (non-hydrogen) atoms. The van der Waals surface area contributed by atoms with Gasteiger partial charge in [0.1, 0.15) is 0 Å². The Hall–Kier alpha value is -2.82. The standard InChI is InChI=1S/C26H30N2O3/c1-16-13-18(14-22(27-16)20-5-4-6-20)7-12-23(29)21-10-8-19(9-11-21)17(2)26(3)15-24(30)28-25(26)31/h8-11,13-14,17,20H,4-7,12,15H2,1-3H3,(H,28,30,31)/t17-,26+/m1/s1. The quantitative estimate of drug-likeness (QED) is 0.525. The van der Waals surface area contributed by atoms with Crippen molar-refractivity contribution in [1.29, 1.82) is 0 Å². The molecular weight excluding hydrogens is 388 g/mol. The zero-order chi connectivity index (χ0) is 22.2. The molecule has 2 heterocycles. The number of aromatic nitrogens is 1. The fraction of sp³-hybridized carbons (Fsp3) is 0.462. The van der Waals surface area contributed by atoms with Gasteiger partial charge >= 0.3 is 0 Å². The second-order valence-electron chi connectivity index (χ2n) is 9.41. The van der Waals surface area contributed by atoms with Crippen LogP contribution in [0, 0.1) is 12.3 Å². The predicted molar refractivity (Wildman–Crippen MR) is 119 cm³/mol. The third-order valence-electron chi connectivity index (χ3n) is 7.19. The first kappa shape index (κ1) is 21.4. The second-order valence-corrected chi connectivity index (χ2v) is 9.41. The summed E-state index contributed by atoms with van der Waals surface area (Å²) in [6.45, 7) is 5.80. The maximum Gasteiger partial charge on any atom is 0.233 e. The number of imide groups is 1. The highest BCUT2D eigenvalue weighted by Crippen LogP contribution is 2.41. The molecule has 2 atom stereocenters. The predicted octanol–water partition coefficient (Wildman–Crippen LogP) is 4.63. The first-order chi connectivity index (χ1) is 14.8. The second kappa shape index (κ2) is 8.37. The zero-order valence-electron chi connectivity index (χ0n) is 18.5. The lowest BCUT2D eigenvalue weighted by atomic mass is 9.73. The molecule has 1 aliphatic carbocycles. The largest absolute Gasteiger partial charge is 0.296 e. The molecule has 1 aromatic carbocycles. The number of hydrogen-bond donors (Lipinski definition) is 1. The molecule has 1 saturated heterocycles. The summed E-state index contributed by atoms with van der Waals surface area (Å²) in [5.74, 6) is 0.131. The van der Waals surface area contributed by atoms with Gasteiger partial charge in [-0.25, -0.2) is 0 Å². The van der Waals surface area contributed by atoms with Crippen molar-refractivity contribution < 1.29 is 14.4 Å². The molecule has 5 heteroatoms. The number of benzene rings is 1. The third kappa shape index (κ3) is 4.32. The van der Waals surface area contributed by atoms with Crippen LogP contribution in [-0.4, -0.2) is 22.6 Å². The van der Waals surface area contributed by atoms with Crippen LogP contribution in [0.25, 0.3) is 0 Å². The molecule has 2 aromatic rings. The molecular formula is C26H30N2O3.